The molecule has 3 aliphatic carbocycles. The fourth-order valence-electron chi connectivity index (χ4n) is 9.24. The van der Waals surface area contributed by atoms with Crippen LogP contribution in [0.4, 0.5) is 0 Å². The Morgan fingerprint density at radius 2 is 1.94 bits per heavy atom. The van der Waals surface area contributed by atoms with Crippen molar-refractivity contribution in [1.29, 1.82) is 0 Å². The monoisotopic (exact) mass is 484 g/mol. The van der Waals surface area contributed by atoms with Crippen LogP contribution in [-0.4, -0.2) is 48.6 Å². The minimum Gasteiger partial charge on any atom is -0.469 e. The number of ketones is 1. The molecule has 7 nitrogen and oxygen atoms in total. The Balaban J connectivity index is 1.56. The van der Waals surface area contributed by atoms with Crippen molar-refractivity contribution >= 4 is 11.8 Å². The SMILES string of the molecule is COC(=O)CC1C2(C)C3=C(C)C(c4ccoc4C)CC3OC2C2OC(O)C3(C)CCC(=O)C1(C)C23. The van der Waals surface area contributed by atoms with Gasteiger partial charge in [0.2, 0.25) is 0 Å². The third-order valence-corrected chi connectivity index (χ3v) is 10.8. The molecule has 1 aromatic heterocycles. The van der Waals surface area contributed by atoms with Crippen LogP contribution in [0, 0.1) is 35.0 Å². The zero-order valence-electron chi connectivity index (χ0n) is 21.4. The molecule has 1 N–H and O–H groups in total. The molecular formula is C28H36O7. The Bertz CT molecular complexity index is 1130. The molecular weight excluding hydrogens is 448 g/mol. The Labute approximate surface area is 206 Å². The highest BCUT2D eigenvalue weighted by Crippen LogP contribution is 2.73. The van der Waals surface area contributed by atoms with Crippen molar-refractivity contribution in [3.05, 3.63) is 34.8 Å². The highest BCUT2D eigenvalue weighted by atomic mass is 16.6. The number of hydrogen-bond acceptors (Lipinski definition) is 7. The molecule has 0 radical (unpaired) electrons. The van der Waals surface area contributed by atoms with Gasteiger partial charge in [-0.15, -0.1) is 0 Å². The van der Waals surface area contributed by atoms with Gasteiger partial charge in [-0.2, -0.15) is 0 Å². The summed E-state index contributed by atoms with van der Waals surface area (Å²) in [6.07, 6.45) is 1.73. The summed E-state index contributed by atoms with van der Waals surface area (Å²) in [7, 11) is 1.40. The lowest BCUT2D eigenvalue weighted by Gasteiger charge is -2.61. The van der Waals surface area contributed by atoms with Crippen LogP contribution in [0.5, 0.6) is 0 Å². The quantitative estimate of drug-likeness (QED) is 0.510. The predicted molar refractivity (Wildman–Crippen MR) is 125 cm³/mol. The molecule has 5 aliphatic rings. The smallest absolute Gasteiger partial charge is 0.305 e. The summed E-state index contributed by atoms with van der Waals surface area (Å²) >= 11 is 0. The number of hydrogen-bond donors (Lipinski definition) is 1. The molecule has 6 rings (SSSR count). The third-order valence-electron chi connectivity index (χ3n) is 10.8. The molecule has 2 aliphatic heterocycles. The first-order chi connectivity index (χ1) is 16.5. The molecule has 190 valence electrons. The number of rotatable bonds is 3. The van der Waals surface area contributed by atoms with Crippen molar-refractivity contribution in [1.82, 2.24) is 0 Å². The van der Waals surface area contributed by atoms with E-state index in [1.807, 2.05) is 26.8 Å². The standard InChI is InChI=1S/C28H36O7/c1-13-16(15-8-10-33-14(15)2)11-17-21(13)28(5)18(12-20(30)32-6)27(4)19(29)7-9-26(3)23(27)22(24(28)34-17)35-25(26)31/h8,10,16-18,22-25,31H,7,9,11-12H2,1-6H3. The van der Waals surface area contributed by atoms with Gasteiger partial charge in [0.15, 0.2) is 6.29 Å². The van der Waals surface area contributed by atoms with E-state index in [1.54, 1.807) is 6.26 Å². The molecule has 10 atom stereocenters. The van der Waals surface area contributed by atoms with Gasteiger partial charge in [-0.1, -0.05) is 26.3 Å². The van der Waals surface area contributed by atoms with Crippen LogP contribution < -0.4 is 0 Å². The first-order valence-corrected chi connectivity index (χ1v) is 12.8. The van der Waals surface area contributed by atoms with E-state index in [0.717, 1.165) is 17.7 Å². The van der Waals surface area contributed by atoms with Crippen molar-refractivity contribution in [2.45, 2.75) is 90.8 Å². The van der Waals surface area contributed by atoms with Gasteiger partial charge in [0.25, 0.3) is 0 Å². The van der Waals surface area contributed by atoms with Gasteiger partial charge in [-0.05, 0) is 44.2 Å². The Kier molecular flexibility index (Phi) is 4.89. The van der Waals surface area contributed by atoms with Crippen molar-refractivity contribution in [3.63, 3.8) is 0 Å². The molecule has 10 unspecified atom stereocenters. The number of carbonyl (C=O) groups excluding carboxylic acids is 2. The van der Waals surface area contributed by atoms with E-state index >= 15 is 0 Å². The number of methoxy groups -OCH3 is 1. The number of Topliss-reactive ketones (excluding diaryl/α,β-unsaturated/α-hetero) is 1. The summed E-state index contributed by atoms with van der Waals surface area (Å²) in [5.74, 6) is 0.339. The lowest BCUT2D eigenvalue weighted by Crippen LogP contribution is -2.67. The summed E-state index contributed by atoms with van der Waals surface area (Å²) in [4.78, 5) is 26.7. The number of furan rings is 1. The second-order valence-corrected chi connectivity index (χ2v) is 12.1. The number of aliphatic hydroxyl groups excluding tert-OH is 1. The average Bonchev–Trinajstić information content (AvgIpc) is 3.52. The molecule has 7 heteroatoms. The molecule has 0 aromatic carbocycles. The van der Waals surface area contributed by atoms with Crippen molar-refractivity contribution in [2.75, 3.05) is 7.11 Å². The maximum absolute atomic E-state index is 13.8. The zero-order valence-corrected chi connectivity index (χ0v) is 21.4. The fraction of sp³-hybridized carbons (Fsp3) is 0.714. The van der Waals surface area contributed by atoms with Gasteiger partial charge in [0.1, 0.15) is 11.5 Å². The minimum absolute atomic E-state index is 0.128. The van der Waals surface area contributed by atoms with Crippen LogP contribution in [0.1, 0.15) is 70.6 Å². The molecule has 35 heavy (non-hydrogen) atoms. The van der Waals surface area contributed by atoms with Crippen molar-refractivity contribution in [3.8, 4) is 0 Å². The third kappa shape index (κ3) is 2.67. The van der Waals surface area contributed by atoms with Gasteiger partial charge < -0.3 is 23.7 Å². The van der Waals surface area contributed by atoms with Crippen LogP contribution in [0.2, 0.25) is 0 Å². The number of esters is 1. The molecule has 3 heterocycles. The van der Waals surface area contributed by atoms with Crippen LogP contribution >= 0.6 is 0 Å². The first-order valence-electron chi connectivity index (χ1n) is 12.8. The zero-order chi connectivity index (χ0) is 25.1. The second-order valence-electron chi connectivity index (χ2n) is 12.1. The van der Waals surface area contributed by atoms with Crippen molar-refractivity contribution < 1.29 is 33.3 Å². The van der Waals surface area contributed by atoms with Gasteiger partial charge in [-0.25, -0.2) is 0 Å². The normalized spacial score (nSPS) is 48.1. The number of ether oxygens (including phenoxy) is 3. The van der Waals surface area contributed by atoms with E-state index in [1.165, 1.54) is 18.3 Å². The maximum Gasteiger partial charge on any atom is 0.305 e. The van der Waals surface area contributed by atoms with Gasteiger partial charge >= 0.3 is 5.97 Å². The van der Waals surface area contributed by atoms with Gasteiger partial charge in [0.05, 0.1) is 38.1 Å². The Morgan fingerprint density at radius 1 is 1.20 bits per heavy atom. The minimum atomic E-state index is -0.966. The molecule has 1 aromatic rings. The van der Waals surface area contributed by atoms with Crippen LogP contribution in [0.3, 0.4) is 0 Å². The van der Waals surface area contributed by atoms with E-state index in [0.29, 0.717) is 12.8 Å². The highest BCUT2D eigenvalue weighted by Gasteiger charge is 2.77. The van der Waals surface area contributed by atoms with Gasteiger partial charge in [0, 0.05) is 40.1 Å². The largest absolute Gasteiger partial charge is 0.469 e. The van der Waals surface area contributed by atoms with E-state index in [9.17, 15) is 14.7 Å². The molecule has 2 saturated carbocycles. The summed E-state index contributed by atoms with van der Waals surface area (Å²) in [5, 5.41) is 11.1. The summed E-state index contributed by atoms with van der Waals surface area (Å²) in [6, 6.07) is 2.03. The molecule has 0 amide bonds. The maximum atomic E-state index is 13.8. The lowest BCUT2D eigenvalue weighted by atomic mass is 9.40. The molecule has 2 saturated heterocycles. The number of carbonyl (C=O) groups is 2. The van der Waals surface area contributed by atoms with E-state index in [-0.39, 0.29) is 48.1 Å². The predicted octanol–water partition coefficient (Wildman–Crippen LogP) is 4.07. The summed E-state index contributed by atoms with van der Waals surface area (Å²) < 4.78 is 23.9. The Hall–Kier alpha value is -1.96. The number of fused-ring (bicyclic) bond motifs is 4. The topological polar surface area (TPSA) is 95.2 Å². The van der Waals surface area contributed by atoms with Crippen LogP contribution in [0.15, 0.2) is 27.9 Å². The van der Waals surface area contributed by atoms with E-state index in [2.05, 4.69) is 13.8 Å². The number of aliphatic hydroxyl groups is 1. The number of aryl methyl sites for hydroxylation is 1. The van der Waals surface area contributed by atoms with Gasteiger partial charge in [-0.3, -0.25) is 9.59 Å². The number of allylic oxidation sites excluding steroid dienone is 1. The summed E-state index contributed by atoms with van der Waals surface area (Å²) in [6.45, 7) is 10.3. The average molecular weight is 485 g/mol. The Morgan fingerprint density at radius 3 is 2.60 bits per heavy atom. The van der Waals surface area contributed by atoms with Crippen molar-refractivity contribution in [2.24, 2.45) is 28.1 Å². The molecule has 0 spiro atoms. The lowest BCUT2D eigenvalue weighted by molar-refractivity contribution is -0.201. The van der Waals surface area contributed by atoms with E-state index < -0.39 is 28.6 Å². The molecule has 0 bridgehead atoms. The first kappa shape index (κ1) is 23.4. The molecule has 4 fully saturated rings. The highest BCUT2D eigenvalue weighted by molar-refractivity contribution is 5.88. The van der Waals surface area contributed by atoms with Crippen LogP contribution in [0.25, 0.3) is 0 Å². The second kappa shape index (κ2) is 7.30. The van der Waals surface area contributed by atoms with E-state index in [4.69, 9.17) is 18.6 Å². The van der Waals surface area contributed by atoms with Crippen LogP contribution in [-0.2, 0) is 23.8 Å². The fourth-order valence-corrected chi connectivity index (χ4v) is 9.24. The summed E-state index contributed by atoms with van der Waals surface area (Å²) in [5.41, 5.74) is 1.56.